The second-order valence-electron chi connectivity index (χ2n) is 20.6. The number of benzene rings is 3. The van der Waals surface area contributed by atoms with Gasteiger partial charge < -0.3 is 40.5 Å². The van der Waals surface area contributed by atoms with E-state index >= 15 is 0 Å². The number of aliphatic hydroxyl groups excluding tert-OH is 1. The standard InChI is InChI=1S/C54H64N8O8S2/c1-29(2)45(52(68)60-25-39(64)20-43(60)49(65)55-23-34-10-12-36(13-11-34)46-31(4)56-27-71-46)62-24-38-18-19-40(21-42(38)51(62)67)70-41-22-44(61(26-41)53(69)48(54(7,8)9)59-33(6)63)50(66)58-30(3)35-14-16-37(17-15-35)47-32(5)57-28-72-47/h10-19,21,27-30,39,41,43-45,48,64H,20,22-26H2,1-9H3,(H,55,65)(H,58,66)(H,59,63)/t30-,39+,41+,43-,44-,45-,48+/m0/s1. The molecule has 5 heterocycles. The van der Waals surface area contributed by atoms with Gasteiger partial charge in [-0.15, -0.1) is 22.7 Å². The average Bonchev–Trinajstić information content (AvgIpc) is 4.19. The summed E-state index contributed by atoms with van der Waals surface area (Å²) in [5.74, 6) is -2.35. The molecule has 8 rings (SSSR count). The van der Waals surface area contributed by atoms with E-state index < -0.39 is 59.6 Å². The van der Waals surface area contributed by atoms with Crippen molar-refractivity contribution in [2.45, 2.75) is 131 Å². The number of amides is 6. The summed E-state index contributed by atoms with van der Waals surface area (Å²) in [6, 6.07) is 16.8. The zero-order valence-corrected chi connectivity index (χ0v) is 43.9. The smallest absolute Gasteiger partial charge is 0.255 e. The Hall–Kier alpha value is -6.50. The number of hydrogen-bond acceptors (Lipinski definition) is 12. The fourth-order valence-corrected chi connectivity index (χ4v) is 11.6. The molecule has 0 spiro atoms. The number of aromatic nitrogens is 2. The van der Waals surface area contributed by atoms with Crippen molar-refractivity contribution in [3.8, 4) is 26.6 Å². The van der Waals surface area contributed by atoms with Crippen molar-refractivity contribution < 1.29 is 38.6 Å². The molecule has 4 N–H and O–H groups in total. The third-order valence-electron chi connectivity index (χ3n) is 13.8. The van der Waals surface area contributed by atoms with Crippen LogP contribution in [0.1, 0.15) is 106 Å². The number of thiazole rings is 2. The van der Waals surface area contributed by atoms with Crippen molar-refractivity contribution in [1.82, 2.24) is 40.6 Å². The highest BCUT2D eigenvalue weighted by molar-refractivity contribution is 7.13. The fraction of sp³-hybridized carbons (Fsp3) is 0.444. The first-order valence-corrected chi connectivity index (χ1v) is 26.2. The first-order valence-electron chi connectivity index (χ1n) is 24.4. The van der Waals surface area contributed by atoms with Crippen molar-refractivity contribution in [3.05, 3.63) is 111 Å². The lowest BCUT2D eigenvalue weighted by Crippen LogP contribution is -2.57. The SMILES string of the molecule is CC(=O)N[C@H](C(=O)N1C[C@H](Oc2ccc3c(c2)C(=O)N([C@H](C(=O)N2C[C@H](O)C[C@H]2C(=O)NCc2ccc(-c4scnc4C)cc2)C(C)C)C3)C[C@H]1C(=O)N[C@@H](C)c1ccc(-c2scnc2C)cc1)C(C)(C)C. The second-order valence-corrected chi connectivity index (χ2v) is 22.3. The molecule has 0 unspecified atom stereocenters. The molecule has 0 bridgehead atoms. The number of likely N-dealkylation sites (tertiary alicyclic amines) is 2. The third-order valence-corrected chi connectivity index (χ3v) is 15.8. The molecule has 2 saturated heterocycles. The van der Waals surface area contributed by atoms with Crippen LogP contribution >= 0.6 is 22.7 Å². The van der Waals surface area contributed by atoms with E-state index in [2.05, 4.69) is 25.9 Å². The van der Waals surface area contributed by atoms with Crippen LogP contribution in [0.4, 0.5) is 0 Å². The number of hydrogen-bond donors (Lipinski definition) is 4. The number of rotatable bonds is 15. The van der Waals surface area contributed by atoms with E-state index in [1.165, 1.54) is 21.6 Å². The molecule has 2 fully saturated rings. The normalized spacial score (nSPS) is 20.0. The van der Waals surface area contributed by atoms with E-state index in [1.807, 2.05) is 115 Å². The molecule has 7 atom stereocenters. The maximum Gasteiger partial charge on any atom is 0.255 e. The summed E-state index contributed by atoms with van der Waals surface area (Å²) < 4.78 is 6.52. The summed E-state index contributed by atoms with van der Waals surface area (Å²) in [7, 11) is 0. The van der Waals surface area contributed by atoms with Gasteiger partial charge in [-0.05, 0) is 72.1 Å². The molecular weight excluding hydrogens is 953 g/mol. The maximum atomic E-state index is 14.6. The Balaban J connectivity index is 0.950. The van der Waals surface area contributed by atoms with Crippen LogP contribution in [0.2, 0.25) is 0 Å². The second kappa shape index (κ2) is 21.3. The minimum atomic E-state index is -0.938. The molecule has 3 aromatic carbocycles. The highest BCUT2D eigenvalue weighted by Crippen LogP contribution is 2.35. The summed E-state index contributed by atoms with van der Waals surface area (Å²) in [5, 5.41) is 19.7. The molecule has 3 aliphatic rings. The van der Waals surface area contributed by atoms with Crippen LogP contribution in [-0.2, 0) is 37.1 Å². The number of aryl methyl sites for hydroxylation is 2. The van der Waals surface area contributed by atoms with Gasteiger partial charge in [0, 0.05) is 45.0 Å². The monoisotopic (exact) mass is 1020 g/mol. The topological polar surface area (TPSA) is 203 Å². The molecule has 16 nitrogen and oxygen atoms in total. The Morgan fingerprint density at radius 1 is 0.792 bits per heavy atom. The van der Waals surface area contributed by atoms with E-state index in [1.54, 1.807) is 40.9 Å². The van der Waals surface area contributed by atoms with Gasteiger partial charge in [0.05, 0.1) is 50.9 Å². The van der Waals surface area contributed by atoms with Gasteiger partial charge in [-0.2, -0.15) is 0 Å². The average molecular weight is 1020 g/mol. The number of fused-ring (bicyclic) bond motifs is 1. The summed E-state index contributed by atoms with van der Waals surface area (Å²) in [4.78, 5) is 99.0. The first kappa shape index (κ1) is 51.8. The molecule has 2 aromatic heterocycles. The van der Waals surface area contributed by atoms with Gasteiger partial charge in [-0.1, -0.05) is 89.2 Å². The molecule has 72 heavy (non-hydrogen) atoms. The van der Waals surface area contributed by atoms with Crippen LogP contribution in [0.5, 0.6) is 5.75 Å². The Morgan fingerprint density at radius 2 is 1.39 bits per heavy atom. The molecule has 380 valence electrons. The van der Waals surface area contributed by atoms with E-state index in [-0.39, 0.29) is 68.6 Å². The van der Waals surface area contributed by atoms with Crippen molar-refractivity contribution >= 4 is 58.1 Å². The van der Waals surface area contributed by atoms with Crippen LogP contribution in [0.15, 0.2) is 77.8 Å². The number of nitrogens with one attached hydrogen (secondary N) is 3. The van der Waals surface area contributed by atoms with E-state index in [0.29, 0.717) is 16.9 Å². The van der Waals surface area contributed by atoms with E-state index in [0.717, 1.165) is 43.4 Å². The van der Waals surface area contributed by atoms with Gasteiger partial charge in [0.15, 0.2) is 0 Å². The molecule has 3 aliphatic heterocycles. The maximum absolute atomic E-state index is 14.6. The third kappa shape index (κ3) is 11.1. The van der Waals surface area contributed by atoms with Gasteiger partial charge in [-0.25, -0.2) is 9.97 Å². The van der Waals surface area contributed by atoms with Crippen LogP contribution in [0.3, 0.4) is 0 Å². The lowest BCUT2D eigenvalue weighted by atomic mass is 9.85. The fourth-order valence-electron chi connectivity index (χ4n) is 9.99. The van der Waals surface area contributed by atoms with Crippen molar-refractivity contribution in [2.24, 2.45) is 11.3 Å². The minimum Gasteiger partial charge on any atom is -0.488 e. The molecule has 0 saturated carbocycles. The Kier molecular flexibility index (Phi) is 15.3. The number of carbonyl (C=O) groups excluding carboxylic acids is 6. The minimum absolute atomic E-state index is 0.0391. The number of β-amino-alcohol motifs (C(OH)–C–C–N with tert-alkyl or cyclic N) is 1. The van der Waals surface area contributed by atoms with Gasteiger partial charge >= 0.3 is 0 Å². The molecule has 6 amide bonds. The van der Waals surface area contributed by atoms with Crippen molar-refractivity contribution in [3.63, 3.8) is 0 Å². The number of nitrogens with zero attached hydrogens (tertiary/aromatic N) is 5. The Bertz CT molecular complexity index is 2840. The lowest BCUT2D eigenvalue weighted by molar-refractivity contribution is -0.143. The predicted octanol–water partition coefficient (Wildman–Crippen LogP) is 6.59. The van der Waals surface area contributed by atoms with Crippen LogP contribution in [0.25, 0.3) is 20.9 Å². The Labute approximate surface area is 428 Å². The highest BCUT2D eigenvalue weighted by atomic mass is 32.1. The van der Waals surface area contributed by atoms with Crippen LogP contribution in [-0.4, -0.2) is 115 Å². The summed E-state index contributed by atoms with van der Waals surface area (Å²) in [6.07, 6.45) is -1.36. The van der Waals surface area contributed by atoms with Crippen LogP contribution < -0.4 is 20.7 Å². The van der Waals surface area contributed by atoms with Crippen LogP contribution in [0, 0.1) is 25.2 Å². The number of ether oxygens (including phenoxy) is 1. The van der Waals surface area contributed by atoms with E-state index in [9.17, 15) is 33.9 Å². The predicted molar refractivity (Wildman–Crippen MR) is 276 cm³/mol. The van der Waals surface area contributed by atoms with Crippen molar-refractivity contribution in [2.75, 3.05) is 13.1 Å². The first-order chi connectivity index (χ1) is 34.2. The zero-order valence-electron chi connectivity index (χ0n) is 42.2. The summed E-state index contributed by atoms with van der Waals surface area (Å²) in [6.45, 7) is 16.8. The highest BCUT2D eigenvalue weighted by Gasteiger charge is 2.48. The lowest BCUT2D eigenvalue weighted by Gasteiger charge is -2.35. The number of aliphatic hydroxyl groups is 1. The molecule has 5 aromatic rings. The molecule has 18 heteroatoms. The van der Waals surface area contributed by atoms with Gasteiger partial charge in [-0.3, -0.25) is 28.8 Å². The molecule has 0 aliphatic carbocycles. The number of carbonyl (C=O) groups is 6. The van der Waals surface area contributed by atoms with Gasteiger partial charge in [0.2, 0.25) is 29.5 Å². The molecular formula is C54H64N8O8S2. The largest absolute Gasteiger partial charge is 0.488 e. The van der Waals surface area contributed by atoms with Gasteiger partial charge in [0.25, 0.3) is 5.91 Å². The van der Waals surface area contributed by atoms with Gasteiger partial charge in [0.1, 0.15) is 36.0 Å². The summed E-state index contributed by atoms with van der Waals surface area (Å²) >= 11 is 3.13. The zero-order chi connectivity index (χ0) is 51.8. The quantitative estimate of drug-likeness (QED) is 0.0887. The van der Waals surface area contributed by atoms with E-state index in [4.69, 9.17) is 4.74 Å². The summed E-state index contributed by atoms with van der Waals surface area (Å²) in [5.41, 5.74) is 9.68. The molecule has 0 radical (unpaired) electrons. The Morgan fingerprint density at radius 3 is 1.96 bits per heavy atom. The van der Waals surface area contributed by atoms with Crippen molar-refractivity contribution in [1.29, 1.82) is 0 Å².